The molecule has 0 spiro atoms. The summed E-state index contributed by atoms with van der Waals surface area (Å²) in [5.41, 5.74) is 6.45. The Morgan fingerprint density at radius 3 is 2.62 bits per heavy atom. The Kier molecular flexibility index (Phi) is 5.62. The van der Waals surface area contributed by atoms with E-state index in [-0.39, 0.29) is 17.7 Å². The minimum atomic E-state index is -0.247. The summed E-state index contributed by atoms with van der Waals surface area (Å²) in [4.78, 5) is 25.1. The van der Waals surface area contributed by atoms with Gasteiger partial charge in [-0.25, -0.2) is 0 Å². The van der Waals surface area contributed by atoms with Gasteiger partial charge in [0.2, 0.25) is 11.8 Å². The lowest BCUT2D eigenvalue weighted by molar-refractivity contribution is -0.134. The smallest absolute Gasteiger partial charge is 0.222 e. The number of likely N-dealkylation sites (tertiary alicyclic amines) is 1. The van der Waals surface area contributed by atoms with Gasteiger partial charge in [-0.3, -0.25) is 9.59 Å². The van der Waals surface area contributed by atoms with Crippen molar-refractivity contribution in [2.75, 3.05) is 13.1 Å². The Bertz CT molecular complexity index is 511. The van der Waals surface area contributed by atoms with Gasteiger partial charge in [-0.2, -0.15) is 0 Å². The van der Waals surface area contributed by atoms with Crippen molar-refractivity contribution in [3.63, 3.8) is 0 Å². The van der Waals surface area contributed by atoms with Gasteiger partial charge in [-0.05, 0) is 43.4 Å². The van der Waals surface area contributed by atoms with Crippen molar-refractivity contribution in [1.29, 1.82) is 0 Å². The molecule has 1 saturated heterocycles. The van der Waals surface area contributed by atoms with Crippen LogP contribution in [-0.4, -0.2) is 29.8 Å². The van der Waals surface area contributed by atoms with Gasteiger partial charge >= 0.3 is 0 Å². The molecule has 21 heavy (non-hydrogen) atoms. The topological polar surface area (TPSA) is 63.4 Å². The van der Waals surface area contributed by atoms with Crippen LogP contribution in [0.5, 0.6) is 0 Å². The van der Waals surface area contributed by atoms with Crippen LogP contribution in [0.4, 0.5) is 0 Å². The predicted molar refractivity (Wildman–Crippen MR) is 82.9 cm³/mol. The number of hydrogen-bond donors (Lipinski definition) is 1. The van der Waals surface area contributed by atoms with Gasteiger partial charge in [0.25, 0.3) is 0 Å². The second-order valence-corrected chi connectivity index (χ2v) is 5.98. The van der Waals surface area contributed by atoms with Crippen molar-refractivity contribution in [3.8, 4) is 0 Å². The maximum absolute atomic E-state index is 12.1. The van der Waals surface area contributed by atoms with Gasteiger partial charge < -0.3 is 10.6 Å². The van der Waals surface area contributed by atoms with Crippen LogP contribution in [0.3, 0.4) is 0 Å². The van der Waals surface area contributed by atoms with Crippen LogP contribution >= 0.6 is 11.6 Å². The van der Waals surface area contributed by atoms with E-state index in [4.69, 9.17) is 17.3 Å². The second-order valence-electron chi connectivity index (χ2n) is 5.54. The molecule has 0 saturated carbocycles. The Balaban J connectivity index is 1.72. The number of nitrogens with zero attached hydrogens (tertiary/aromatic N) is 1. The van der Waals surface area contributed by atoms with Crippen molar-refractivity contribution in [3.05, 3.63) is 34.9 Å². The molecule has 2 amide bonds. The van der Waals surface area contributed by atoms with E-state index < -0.39 is 0 Å². The summed E-state index contributed by atoms with van der Waals surface area (Å²) in [6, 6.07) is 7.73. The van der Waals surface area contributed by atoms with Crippen LogP contribution in [0.1, 0.15) is 31.2 Å². The standard InChI is InChI=1S/C16H21ClN2O2/c17-14-5-1-3-12(11-14)4-2-6-15(20)19-9-7-13(8-10-19)16(18)21/h1,3,5,11,13H,2,4,6-10H2,(H2,18,21). The number of halogens is 1. The first-order chi connectivity index (χ1) is 10.1. The summed E-state index contributed by atoms with van der Waals surface area (Å²) in [5, 5.41) is 0.729. The monoisotopic (exact) mass is 308 g/mol. The third-order valence-corrected chi connectivity index (χ3v) is 4.23. The van der Waals surface area contributed by atoms with Gasteiger partial charge in [0.15, 0.2) is 0 Å². The molecule has 0 radical (unpaired) electrons. The Hall–Kier alpha value is -1.55. The number of rotatable bonds is 5. The summed E-state index contributed by atoms with van der Waals surface area (Å²) in [6.07, 6.45) is 3.58. The quantitative estimate of drug-likeness (QED) is 0.907. The molecule has 0 aliphatic carbocycles. The number of nitrogens with two attached hydrogens (primary N) is 1. The summed E-state index contributed by atoms with van der Waals surface area (Å²) < 4.78 is 0. The molecule has 1 aliphatic rings. The predicted octanol–water partition coefficient (Wildman–Crippen LogP) is 2.39. The maximum atomic E-state index is 12.1. The zero-order valence-electron chi connectivity index (χ0n) is 12.1. The summed E-state index contributed by atoms with van der Waals surface area (Å²) in [7, 11) is 0. The number of amides is 2. The van der Waals surface area contributed by atoms with Crippen LogP contribution in [0, 0.1) is 5.92 Å². The lowest BCUT2D eigenvalue weighted by atomic mass is 9.96. The number of primary amides is 1. The Morgan fingerprint density at radius 1 is 1.29 bits per heavy atom. The third-order valence-electron chi connectivity index (χ3n) is 4.00. The van der Waals surface area contributed by atoms with Gasteiger partial charge in [0, 0.05) is 30.5 Å². The molecule has 114 valence electrons. The highest BCUT2D eigenvalue weighted by Crippen LogP contribution is 2.18. The highest BCUT2D eigenvalue weighted by atomic mass is 35.5. The minimum absolute atomic E-state index is 0.0690. The normalized spacial score (nSPS) is 16.0. The molecule has 1 aromatic carbocycles. The summed E-state index contributed by atoms with van der Waals surface area (Å²) in [6.45, 7) is 1.28. The Labute approximate surface area is 130 Å². The summed E-state index contributed by atoms with van der Waals surface area (Å²) >= 11 is 5.93. The van der Waals surface area contributed by atoms with Crippen molar-refractivity contribution >= 4 is 23.4 Å². The van der Waals surface area contributed by atoms with Crippen molar-refractivity contribution in [2.45, 2.75) is 32.1 Å². The molecule has 0 aromatic heterocycles. The molecule has 2 rings (SSSR count). The van der Waals surface area contributed by atoms with Crippen LogP contribution < -0.4 is 5.73 Å². The van der Waals surface area contributed by atoms with Gasteiger partial charge in [0.1, 0.15) is 0 Å². The van der Waals surface area contributed by atoms with Crippen LogP contribution in [0.15, 0.2) is 24.3 Å². The molecule has 4 nitrogen and oxygen atoms in total. The fourth-order valence-corrected chi connectivity index (χ4v) is 2.92. The van der Waals surface area contributed by atoms with E-state index >= 15 is 0 Å². The fourth-order valence-electron chi connectivity index (χ4n) is 2.71. The first-order valence-electron chi connectivity index (χ1n) is 7.38. The van der Waals surface area contributed by atoms with Gasteiger partial charge in [-0.15, -0.1) is 0 Å². The van der Waals surface area contributed by atoms with E-state index in [1.807, 2.05) is 29.2 Å². The molecule has 1 heterocycles. The zero-order valence-corrected chi connectivity index (χ0v) is 12.8. The van der Waals surface area contributed by atoms with E-state index in [1.54, 1.807) is 0 Å². The van der Waals surface area contributed by atoms with E-state index in [9.17, 15) is 9.59 Å². The number of benzene rings is 1. The van der Waals surface area contributed by atoms with Gasteiger partial charge in [0.05, 0.1) is 0 Å². The number of carbonyl (C=O) groups is 2. The third kappa shape index (κ3) is 4.74. The minimum Gasteiger partial charge on any atom is -0.369 e. The molecule has 0 unspecified atom stereocenters. The summed E-state index contributed by atoms with van der Waals surface area (Å²) in [5.74, 6) is -0.150. The largest absolute Gasteiger partial charge is 0.369 e. The molecule has 2 N–H and O–H groups in total. The first-order valence-corrected chi connectivity index (χ1v) is 7.75. The fraction of sp³-hybridized carbons (Fsp3) is 0.500. The average Bonchev–Trinajstić information content (AvgIpc) is 2.47. The highest BCUT2D eigenvalue weighted by molar-refractivity contribution is 6.30. The number of aryl methyl sites for hydroxylation is 1. The first kappa shape index (κ1) is 15.8. The molecule has 1 aliphatic heterocycles. The SMILES string of the molecule is NC(=O)C1CCN(C(=O)CCCc2cccc(Cl)c2)CC1. The van der Waals surface area contributed by atoms with Crippen LogP contribution in [-0.2, 0) is 16.0 Å². The maximum Gasteiger partial charge on any atom is 0.222 e. The average molecular weight is 309 g/mol. The van der Waals surface area contributed by atoms with Gasteiger partial charge in [-0.1, -0.05) is 23.7 Å². The highest BCUT2D eigenvalue weighted by Gasteiger charge is 2.25. The van der Waals surface area contributed by atoms with Crippen molar-refractivity contribution in [1.82, 2.24) is 4.90 Å². The number of hydrogen-bond acceptors (Lipinski definition) is 2. The molecular weight excluding hydrogens is 288 g/mol. The molecule has 1 aromatic rings. The molecular formula is C16H21ClN2O2. The van der Waals surface area contributed by atoms with E-state index in [0.29, 0.717) is 32.4 Å². The lowest BCUT2D eigenvalue weighted by Crippen LogP contribution is -2.41. The Morgan fingerprint density at radius 2 is 2.00 bits per heavy atom. The second kappa shape index (κ2) is 7.46. The van der Waals surface area contributed by atoms with Crippen molar-refractivity contribution < 1.29 is 9.59 Å². The van der Waals surface area contributed by atoms with Crippen LogP contribution in [0.2, 0.25) is 5.02 Å². The lowest BCUT2D eigenvalue weighted by Gasteiger charge is -2.30. The molecule has 0 atom stereocenters. The zero-order chi connectivity index (χ0) is 15.2. The van der Waals surface area contributed by atoms with Crippen LogP contribution in [0.25, 0.3) is 0 Å². The number of carbonyl (C=O) groups excluding carboxylic acids is 2. The van der Waals surface area contributed by atoms with E-state index in [2.05, 4.69) is 0 Å². The molecule has 0 bridgehead atoms. The van der Waals surface area contributed by atoms with E-state index in [0.717, 1.165) is 23.4 Å². The number of piperidine rings is 1. The molecule has 5 heteroatoms. The van der Waals surface area contributed by atoms with Crippen molar-refractivity contribution in [2.24, 2.45) is 11.7 Å². The van der Waals surface area contributed by atoms with E-state index in [1.165, 1.54) is 0 Å². The molecule has 1 fully saturated rings.